The number of anilines is 1. The Balaban J connectivity index is 1.48. The monoisotopic (exact) mass is 409 g/mol. The van der Waals surface area contributed by atoms with Crippen molar-refractivity contribution in [3.05, 3.63) is 53.6 Å². The molecule has 1 fully saturated rings. The highest BCUT2D eigenvalue weighted by atomic mass is 35.5. The predicted octanol–water partition coefficient (Wildman–Crippen LogP) is 2.45. The maximum Gasteiger partial charge on any atom is 0.244 e. The standard InChI is InChI=1S/C19H24ClN3O3S/c1-26-18-4-2-3-5-19(18)27(24,25)21-10-11-22-12-14-23(15-13-22)17-8-6-16(20)7-9-17/h2-9,21H,10-15H2,1H3. The third-order valence-corrected chi connectivity index (χ3v) is 6.40. The largest absolute Gasteiger partial charge is 0.495 e. The zero-order valence-corrected chi connectivity index (χ0v) is 16.8. The molecule has 0 unspecified atom stereocenters. The quantitative estimate of drug-likeness (QED) is 0.761. The summed E-state index contributed by atoms with van der Waals surface area (Å²) in [7, 11) is -2.12. The third kappa shape index (κ3) is 5.13. The van der Waals surface area contributed by atoms with E-state index in [0.717, 1.165) is 36.9 Å². The van der Waals surface area contributed by atoms with Gasteiger partial charge in [-0.1, -0.05) is 23.7 Å². The van der Waals surface area contributed by atoms with Gasteiger partial charge in [-0.05, 0) is 36.4 Å². The van der Waals surface area contributed by atoms with Crippen LogP contribution >= 0.6 is 11.6 Å². The minimum atomic E-state index is -3.59. The molecule has 0 aromatic heterocycles. The van der Waals surface area contributed by atoms with Gasteiger partial charge in [0.05, 0.1) is 7.11 Å². The number of rotatable bonds is 7. The van der Waals surface area contributed by atoms with E-state index >= 15 is 0 Å². The minimum absolute atomic E-state index is 0.167. The van der Waals surface area contributed by atoms with E-state index < -0.39 is 10.0 Å². The van der Waals surface area contributed by atoms with Crippen molar-refractivity contribution >= 4 is 27.3 Å². The first-order chi connectivity index (χ1) is 13.0. The van der Waals surface area contributed by atoms with E-state index in [2.05, 4.69) is 14.5 Å². The summed E-state index contributed by atoms with van der Waals surface area (Å²) in [5.74, 6) is 0.349. The summed E-state index contributed by atoms with van der Waals surface area (Å²) in [4.78, 5) is 4.74. The van der Waals surface area contributed by atoms with Crippen LogP contribution in [0.4, 0.5) is 5.69 Å². The number of para-hydroxylation sites is 1. The van der Waals surface area contributed by atoms with Gasteiger partial charge in [0.25, 0.3) is 0 Å². The van der Waals surface area contributed by atoms with Crippen LogP contribution in [0.25, 0.3) is 0 Å². The molecule has 2 aromatic rings. The van der Waals surface area contributed by atoms with Crippen LogP contribution in [0, 0.1) is 0 Å². The van der Waals surface area contributed by atoms with Crippen molar-refractivity contribution in [2.45, 2.75) is 4.90 Å². The van der Waals surface area contributed by atoms with E-state index in [9.17, 15) is 8.42 Å². The van der Waals surface area contributed by atoms with Gasteiger partial charge in [0, 0.05) is 50.0 Å². The summed E-state index contributed by atoms with van der Waals surface area (Å²) < 4.78 is 32.8. The lowest BCUT2D eigenvalue weighted by Crippen LogP contribution is -2.48. The Morgan fingerprint density at radius 2 is 1.70 bits per heavy atom. The Morgan fingerprint density at radius 3 is 2.37 bits per heavy atom. The summed E-state index contributed by atoms with van der Waals surface area (Å²) in [5, 5.41) is 0.736. The van der Waals surface area contributed by atoms with E-state index in [0.29, 0.717) is 18.8 Å². The molecule has 1 heterocycles. The Hall–Kier alpha value is -1.80. The molecule has 8 heteroatoms. The Morgan fingerprint density at radius 1 is 1.04 bits per heavy atom. The van der Waals surface area contributed by atoms with Gasteiger partial charge in [0.1, 0.15) is 10.6 Å². The molecular formula is C19H24ClN3O3S. The van der Waals surface area contributed by atoms with Crippen molar-refractivity contribution in [2.75, 3.05) is 51.3 Å². The molecule has 2 aromatic carbocycles. The summed E-state index contributed by atoms with van der Waals surface area (Å²) in [6.07, 6.45) is 0. The van der Waals surface area contributed by atoms with Gasteiger partial charge in [-0.3, -0.25) is 4.90 Å². The number of piperazine rings is 1. The van der Waals surface area contributed by atoms with E-state index in [1.54, 1.807) is 24.3 Å². The number of hydrogen-bond donors (Lipinski definition) is 1. The van der Waals surface area contributed by atoms with Crippen LogP contribution in [-0.2, 0) is 10.0 Å². The van der Waals surface area contributed by atoms with Crippen molar-refractivity contribution in [1.82, 2.24) is 9.62 Å². The maximum atomic E-state index is 12.5. The molecule has 0 radical (unpaired) electrons. The van der Waals surface area contributed by atoms with Crippen molar-refractivity contribution in [2.24, 2.45) is 0 Å². The molecule has 0 bridgehead atoms. The molecule has 1 aliphatic rings. The number of nitrogens with zero attached hydrogens (tertiary/aromatic N) is 2. The zero-order chi connectivity index (χ0) is 19.3. The fourth-order valence-electron chi connectivity index (χ4n) is 3.14. The fraction of sp³-hybridized carbons (Fsp3) is 0.368. The molecule has 146 valence electrons. The highest BCUT2D eigenvalue weighted by Crippen LogP contribution is 2.22. The minimum Gasteiger partial charge on any atom is -0.495 e. The molecule has 1 aliphatic heterocycles. The first-order valence-corrected chi connectivity index (χ1v) is 10.7. The number of sulfonamides is 1. The van der Waals surface area contributed by atoms with Crippen LogP contribution in [0.1, 0.15) is 0 Å². The van der Waals surface area contributed by atoms with Crippen LogP contribution < -0.4 is 14.4 Å². The van der Waals surface area contributed by atoms with Gasteiger partial charge in [-0.15, -0.1) is 0 Å². The Kier molecular flexibility index (Phi) is 6.59. The first kappa shape index (κ1) is 19.9. The average Bonchev–Trinajstić information content (AvgIpc) is 2.69. The molecule has 27 heavy (non-hydrogen) atoms. The molecule has 0 saturated carbocycles. The highest BCUT2D eigenvalue weighted by Gasteiger charge is 2.20. The van der Waals surface area contributed by atoms with Crippen LogP contribution in [0.3, 0.4) is 0 Å². The lowest BCUT2D eigenvalue weighted by Gasteiger charge is -2.36. The van der Waals surface area contributed by atoms with E-state index in [-0.39, 0.29) is 4.90 Å². The summed E-state index contributed by atoms with van der Waals surface area (Å²) in [5.41, 5.74) is 1.16. The molecule has 0 spiro atoms. The normalized spacial score (nSPS) is 15.7. The van der Waals surface area contributed by atoms with Crippen molar-refractivity contribution < 1.29 is 13.2 Å². The molecule has 0 amide bonds. The van der Waals surface area contributed by atoms with Gasteiger partial charge >= 0.3 is 0 Å². The first-order valence-electron chi connectivity index (χ1n) is 8.85. The number of nitrogens with one attached hydrogen (secondary N) is 1. The zero-order valence-electron chi connectivity index (χ0n) is 15.3. The molecule has 0 atom stereocenters. The van der Waals surface area contributed by atoms with Crippen LogP contribution in [0.5, 0.6) is 5.75 Å². The molecule has 6 nitrogen and oxygen atoms in total. The second kappa shape index (κ2) is 8.93. The van der Waals surface area contributed by atoms with Crippen molar-refractivity contribution in [1.29, 1.82) is 0 Å². The Labute approximate surface area is 165 Å². The number of ether oxygens (including phenoxy) is 1. The number of methoxy groups -OCH3 is 1. The molecular weight excluding hydrogens is 386 g/mol. The van der Waals surface area contributed by atoms with E-state index in [4.69, 9.17) is 16.3 Å². The van der Waals surface area contributed by atoms with Crippen molar-refractivity contribution in [3.8, 4) is 5.75 Å². The number of halogens is 1. The second-order valence-corrected chi connectivity index (χ2v) is 8.53. The lowest BCUT2D eigenvalue weighted by atomic mass is 10.2. The van der Waals surface area contributed by atoms with Crippen LogP contribution in [0.15, 0.2) is 53.4 Å². The highest BCUT2D eigenvalue weighted by molar-refractivity contribution is 7.89. The maximum absolute atomic E-state index is 12.5. The fourth-order valence-corrected chi connectivity index (χ4v) is 4.45. The average molecular weight is 410 g/mol. The van der Waals surface area contributed by atoms with E-state index in [1.165, 1.54) is 7.11 Å². The van der Waals surface area contributed by atoms with Gasteiger partial charge < -0.3 is 9.64 Å². The van der Waals surface area contributed by atoms with Gasteiger partial charge in [-0.25, -0.2) is 13.1 Å². The third-order valence-electron chi connectivity index (χ3n) is 4.64. The molecule has 3 rings (SSSR count). The molecule has 1 N–H and O–H groups in total. The van der Waals surface area contributed by atoms with Crippen LogP contribution in [-0.4, -0.2) is 59.7 Å². The van der Waals surface area contributed by atoms with Crippen LogP contribution in [0.2, 0.25) is 5.02 Å². The summed E-state index contributed by atoms with van der Waals surface area (Å²) in [6, 6.07) is 14.5. The second-order valence-electron chi connectivity index (χ2n) is 6.35. The number of hydrogen-bond acceptors (Lipinski definition) is 5. The van der Waals surface area contributed by atoms with E-state index in [1.807, 2.05) is 24.3 Å². The topological polar surface area (TPSA) is 61.9 Å². The smallest absolute Gasteiger partial charge is 0.244 e. The lowest BCUT2D eigenvalue weighted by molar-refractivity contribution is 0.262. The molecule has 1 saturated heterocycles. The molecule has 0 aliphatic carbocycles. The summed E-state index contributed by atoms with van der Waals surface area (Å²) in [6.45, 7) is 4.62. The van der Waals surface area contributed by atoms with Gasteiger partial charge in [-0.2, -0.15) is 0 Å². The van der Waals surface area contributed by atoms with Gasteiger partial charge in [0.15, 0.2) is 0 Å². The van der Waals surface area contributed by atoms with Gasteiger partial charge in [0.2, 0.25) is 10.0 Å². The number of benzene rings is 2. The Bertz CT molecular complexity index is 851. The predicted molar refractivity (Wildman–Crippen MR) is 108 cm³/mol. The SMILES string of the molecule is COc1ccccc1S(=O)(=O)NCCN1CCN(c2ccc(Cl)cc2)CC1. The van der Waals surface area contributed by atoms with Crippen molar-refractivity contribution in [3.63, 3.8) is 0 Å². The summed E-state index contributed by atoms with van der Waals surface area (Å²) >= 11 is 5.94.